The van der Waals surface area contributed by atoms with Crippen molar-refractivity contribution in [2.24, 2.45) is 0 Å². The van der Waals surface area contributed by atoms with Crippen LogP contribution in [0, 0.1) is 0 Å². The van der Waals surface area contributed by atoms with Gasteiger partial charge in [-0.05, 0) is 45.6 Å². The molecular weight excluding hydrogens is 218 g/mol. The van der Waals surface area contributed by atoms with Gasteiger partial charge in [-0.15, -0.1) is 0 Å². The minimum Gasteiger partial charge on any atom is -0.454 e. The topological polar surface area (TPSA) is 41.9 Å². The summed E-state index contributed by atoms with van der Waals surface area (Å²) in [7, 11) is 3.90. The Labute approximate surface area is 102 Å². The maximum atomic E-state index is 10.2. The second kappa shape index (κ2) is 4.20. The maximum absolute atomic E-state index is 10.2. The standard InChI is InChI=1S/C13H19NO3/c1-13(2,15)12(14(3)4)9-5-6-10-11(7-9)17-8-16-10/h5-7,12,15H,8H2,1-4H3. The minimum absolute atomic E-state index is 0.0861. The Kier molecular flexibility index (Phi) is 3.02. The van der Waals surface area contributed by atoms with Crippen LogP contribution in [-0.4, -0.2) is 36.5 Å². The molecule has 2 rings (SSSR count). The predicted octanol–water partition coefficient (Wildman–Crippen LogP) is 1.79. The van der Waals surface area contributed by atoms with Crippen LogP contribution in [0.3, 0.4) is 0 Å². The molecule has 1 atom stereocenters. The SMILES string of the molecule is CN(C)C(c1ccc2c(c1)OCO2)C(C)(C)O. The third kappa shape index (κ3) is 2.37. The summed E-state index contributed by atoms with van der Waals surface area (Å²) in [6.07, 6.45) is 0. The largest absolute Gasteiger partial charge is 0.454 e. The van der Waals surface area contributed by atoms with Gasteiger partial charge in [-0.3, -0.25) is 4.90 Å². The van der Waals surface area contributed by atoms with Crippen LogP contribution in [-0.2, 0) is 0 Å². The fraction of sp³-hybridized carbons (Fsp3) is 0.538. The predicted molar refractivity (Wildman–Crippen MR) is 65.3 cm³/mol. The Morgan fingerprint density at radius 1 is 1.24 bits per heavy atom. The van der Waals surface area contributed by atoms with E-state index >= 15 is 0 Å². The van der Waals surface area contributed by atoms with Gasteiger partial charge in [0.05, 0.1) is 11.6 Å². The number of hydrogen-bond donors (Lipinski definition) is 1. The first-order chi connectivity index (χ1) is 7.89. The van der Waals surface area contributed by atoms with Gasteiger partial charge in [-0.2, -0.15) is 0 Å². The lowest BCUT2D eigenvalue weighted by Gasteiger charge is -2.35. The van der Waals surface area contributed by atoms with Gasteiger partial charge in [0.15, 0.2) is 11.5 Å². The molecule has 0 radical (unpaired) electrons. The van der Waals surface area contributed by atoms with E-state index in [4.69, 9.17) is 9.47 Å². The zero-order valence-electron chi connectivity index (χ0n) is 10.7. The number of nitrogens with zero attached hydrogens (tertiary/aromatic N) is 1. The summed E-state index contributed by atoms with van der Waals surface area (Å²) in [5, 5.41) is 10.2. The number of likely N-dealkylation sites (N-methyl/N-ethyl adjacent to an activating group) is 1. The van der Waals surface area contributed by atoms with Gasteiger partial charge in [0.2, 0.25) is 6.79 Å². The first-order valence-electron chi connectivity index (χ1n) is 5.68. The van der Waals surface area contributed by atoms with Gasteiger partial charge in [0, 0.05) is 0 Å². The van der Waals surface area contributed by atoms with E-state index in [0.717, 1.165) is 17.1 Å². The molecular formula is C13H19NO3. The Hall–Kier alpha value is -1.26. The molecule has 0 fully saturated rings. The summed E-state index contributed by atoms with van der Waals surface area (Å²) in [5.41, 5.74) is 0.198. The van der Waals surface area contributed by atoms with Crippen LogP contribution in [0.4, 0.5) is 0 Å². The van der Waals surface area contributed by atoms with Gasteiger partial charge in [0.25, 0.3) is 0 Å². The van der Waals surface area contributed by atoms with Crippen LogP contribution < -0.4 is 9.47 Å². The number of rotatable bonds is 3. The summed E-state index contributed by atoms with van der Waals surface area (Å²) in [4.78, 5) is 2.00. The fourth-order valence-electron chi connectivity index (χ4n) is 2.42. The second-order valence-corrected chi connectivity index (χ2v) is 5.13. The van der Waals surface area contributed by atoms with Crippen LogP contribution in [0.15, 0.2) is 18.2 Å². The molecule has 1 aliphatic rings. The van der Waals surface area contributed by atoms with Crippen molar-refractivity contribution < 1.29 is 14.6 Å². The fourth-order valence-corrected chi connectivity index (χ4v) is 2.42. The normalized spacial score (nSPS) is 16.4. The summed E-state index contributed by atoms with van der Waals surface area (Å²) in [5.74, 6) is 1.51. The lowest BCUT2D eigenvalue weighted by atomic mass is 9.91. The van der Waals surface area contributed by atoms with Crippen molar-refractivity contribution in [1.29, 1.82) is 0 Å². The van der Waals surface area contributed by atoms with Gasteiger partial charge >= 0.3 is 0 Å². The van der Waals surface area contributed by atoms with E-state index in [1.54, 1.807) is 0 Å². The molecule has 1 aromatic rings. The average molecular weight is 237 g/mol. The number of hydrogen-bond acceptors (Lipinski definition) is 4. The molecule has 1 unspecified atom stereocenters. The maximum Gasteiger partial charge on any atom is 0.231 e. The molecule has 0 spiro atoms. The molecule has 94 valence electrons. The van der Waals surface area contributed by atoms with Crippen LogP contribution in [0.5, 0.6) is 11.5 Å². The summed E-state index contributed by atoms with van der Waals surface area (Å²) < 4.78 is 10.6. The van der Waals surface area contributed by atoms with Gasteiger partial charge in [-0.1, -0.05) is 6.07 Å². The number of ether oxygens (including phenoxy) is 2. The summed E-state index contributed by atoms with van der Waals surface area (Å²) in [6, 6.07) is 5.71. The molecule has 0 saturated heterocycles. The van der Waals surface area contributed by atoms with Crippen molar-refractivity contribution in [1.82, 2.24) is 4.90 Å². The molecule has 1 N–H and O–H groups in total. The van der Waals surface area contributed by atoms with E-state index in [9.17, 15) is 5.11 Å². The highest BCUT2D eigenvalue weighted by atomic mass is 16.7. The number of fused-ring (bicyclic) bond motifs is 1. The molecule has 1 aromatic carbocycles. The zero-order chi connectivity index (χ0) is 12.6. The lowest BCUT2D eigenvalue weighted by Crippen LogP contribution is -2.38. The summed E-state index contributed by atoms with van der Waals surface area (Å²) in [6.45, 7) is 3.89. The van der Waals surface area contributed by atoms with Crippen molar-refractivity contribution in [2.75, 3.05) is 20.9 Å². The van der Waals surface area contributed by atoms with Crippen LogP contribution in [0.2, 0.25) is 0 Å². The quantitative estimate of drug-likeness (QED) is 0.870. The molecule has 1 aliphatic heterocycles. The van der Waals surface area contributed by atoms with Gasteiger partial charge in [0.1, 0.15) is 0 Å². The first-order valence-corrected chi connectivity index (χ1v) is 5.68. The van der Waals surface area contributed by atoms with E-state index in [0.29, 0.717) is 0 Å². The average Bonchev–Trinajstić information content (AvgIpc) is 2.61. The van der Waals surface area contributed by atoms with E-state index in [1.807, 2.05) is 51.0 Å². The number of aliphatic hydroxyl groups is 1. The monoisotopic (exact) mass is 237 g/mol. The Balaban J connectivity index is 2.37. The Morgan fingerprint density at radius 3 is 2.47 bits per heavy atom. The van der Waals surface area contributed by atoms with Crippen molar-refractivity contribution in [3.05, 3.63) is 23.8 Å². The Bertz CT molecular complexity index is 410. The first kappa shape index (κ1) is 12.2. The van der Waals surface area contributed by atoms with Crippen LogP contribution >= 0.6 is 0 Å². The third-order valence-electron chi connectivity index (χ3n) is 2.90. The minimum atomic E-state index is -0.822. The highest BCUT2D eigenvalue weighted by Gasteiger charge is 2.31. The summed E-state index contributed by atoms with van der Waals surface area (Å²) >= 11 is 0. The van der Waals surface area contributed by atoms with Crippen LogP contribution in [0.25, 0.3) is 0 Å². The molecule has 1 heterocycles. The molecule has 17 heavy (non-hydrogen) atoms. The van der Waals surface area contributed by atoms with E-state index < -0.39 is 5.60 Å². The highest BCUT2D eigenvalue weighted by molar-refractivity contribution is 5.45. The van der Waals surface area contributed by atoms with Gasteiger partial charge in [-0.25, -0.2) is 0 Å². The van der Waals surface area contributed by atoms with Crippen LogP contribution in [0.1, 0.15) is 25.5 Å². The molecule has 0 aromatic heterocycles. The molecule has 4 nitrogen and oxygen atoms in total. The molecule has 4 heteroatoms. The highest BCUT2D eigenvalue weighted by Crippen LogP contribution is 2.38. The smallest absolute Gasteiger partial charge is 0.231 e. The van der Waals surface area contributed by atoms with Crippen molar-refractivity contribution in [3.63, 3.8) is 0 Å². The Morgan fingerprint density at radius 2 is 1.88 bits per heavy atom. The van der Waals surface area contributed by atoms with Crippen molar-refractivity contribution >= 4 is 0 Å². The second-order valence-electron chi connectivity index (χ2n) is 5.13. The van der Waals surface area contributed by atoms with E-state index in [-0.39, 0.29) is 12.8 Å². The van der Waals surface area contributed by atoms with Crippen molar-refractivity contribution in [3.8, 4) is 11.5 Å². The number of benzene rings is 1. The van der Waals surface area contributed by atoms with E-state index in [2.05, 4.69) is 0 Å². The van der Waals surface area contributed by atoms with Gasteiger partial charge < -0.3 is 14.6 Å². The van der Waals surface area contributed by atoms with Crippen molar-refractivity contribution in [2.45, 2.75) is 25.5 Å². The third-order valence-corrected chi connectivity index (χ3v) is 2.90. The van der Waals surface area contributed by atoms with E-state index in [1.165, 1.54) is 0 Å². The lowest BCUT2D eigenvalue weighted by molar-refractivity contribution is -0.00319. The molecule has 0 saturated carbocycles. The zero-order valence-corrected chi connectivity index (χ0v) is 10.7. The molecule has 0 aliphatic carbocycles. The molecule has 0 amide bonds. The molecule has 0 bridgehead atoms.